The van der Waals surface area contributed by atoms with Crippen LogP contribution >= 0.6 is 0 Å². The summed E-state index contributed by atoms with van der Waals surface area (Å²) in [6.45, 7) is 1.08. The van der Waals surface area contributed by atoms with E-state index in [0.29, 0.717) is 19.5 Å². The highest BCUT2D eigenvalue weighted by molar-refractivity contribution is 5.37. The van der Waals surface area contributed by atoms with E-state index in [1.54, 1.807) is 0 Å². The molecule has 1 heterocycles. The molecule has 16 heavy (non-hydrogen) atoms. The van der Waals surface area contributed by atoms with E-state index in [9.17, 15) is 13.2 Å². The summed E-state index contributed by atoms with van der Waals surface area (Å²) in [6.07, 6.45) is -3.64. The Hall–Kier alpha value is -1.07. The molecule has 5 heteroatoms. The van der Waals surface area contributed by atoms with Gasteiger partial charge in [-0.25, -0.2) is 0 Å². The third-order valence-corrected chi connectivity index (χ3v) is 2.87. The van der Waals surface area contributed by atoms with Crippen LogP contribution in [-0.2, 0) is 12.6 Å². The third-order valence-electron chi connectivity index (χ3n) is 2.87. The quantitative estimate of drug-likeness (QED) is 0.772. The minimum absolute atomic E-state index is 0.0222. The Labute approximate surface area is 91.6 Å². The van der Waals surface area contributed by atoms with E-state index in [4.69, 9.17) is 5.73 Å². The van der Waals surface area contributed by atoms with E-state index < -0.39 is 11.7 Å². The molecule has 0 fully saturated rings. The molecule has 0 radical (unpaired) electrons. The molecule has 2 nitrogen and oxygen atoms in total. The van der Waals surface area contributed by atoms with Gasteiger partial charge >= 0.3 is 6.18 Å². The van der Waals surface area contributed by atoms with Gasteiger partial charge in [0.1, 0.15) is 0 Å². The summed E-state index contributed by atoms with van der Waals surface area (Å²) < 4.78 is 37.5. The molecule has 0 aromatic heterocycles. The second kappa shape index (κ2) is 4.07. The summed E-state index contributed by atoms with van der Waals surface area (Å²) in [7, 11) is 0. The summed E-state index contributed by atoms with van der Waals surface area (Å²) in [4.78, 5) is 0. The van der Waals surface area contributed by atoms with Crippen molar-refractivity contribution in [3.05, 3.63) is 34.9 Å². The van der Waals surface area contributed by atoms with Crippen molar-refractivity contribution < 1.29 is 13.2 Å². The van der Waals surface area contributed by atoms with Gasteiger partial charge in [0.25, 0.3) is 0 Å². The zero-order chi connectivity index (χ0) is 11.8. The molecule has 88 valence electrons. The van der Waals surface area contributed by atoms with Gasteiger partial charge in [0.05, 0.1) is 5.56 Å². The fourth-order valence-electron chi connectivity index (χ4n) is 2.04. The first-order valence-corrected chi connectivity index (χ1v) is 5.16. The molecule has 0 amide bonds. The second-order valence-electron chi connectivity index (χ2n) is 3.90. The summed E-state index contributed by atoms with van der Waals surface area (Å²) in [5.74, 6) is 0. The molecule has 0 saturated heterocycles. The highest BCUT2D eigenvalue weighted by Gasteiger charge is 2.31. The molecule has 1 aromatic carbocycles. The van der Waals surface area contributed by atoms with Crippen molar-refractivity contribution in [2.24, 2.45) is 5.73 Å². The van der Waals surface area contributed by atoms with E-state index in [2.05, 4.69) is 5.32 Å². The summed E-state index contributed by atoms with van der Waals surface area (Å²) in [5.41, 5.74) is 6.62. The van der Waals surface area contributed by atoms with Crippen molar-refractivity contribution in [3.8, 4) is 0 Å². The Morgan fingerprint density at radius 3 is 2.75 bits per heavy atom. The Morgan fingerprint density at radius 1 is 1.38 bits per heavy atom. The number of hydrogen-bond acceptors (Lipinski definition) is 2. The molecule has 0 bridgehead atoms. The number of rotatable bonds is 1. The maximum Gasteiger partial charge on any atom is 0.416 e. The van der Waals surface area contributed by atoms with Gasteiger partial charge in [-0.3, -0.25) is 0 Å². The number of alkyl halides is 3. The number of benzene rings is 1. The lowest BCUT2D eigenvalue weighted by Gasteiger charge is -2.26. The van der Waals surface area contributed by atoms with Gasteiger partial charge < -0.3 is 11.1 Å². The minimum Gasteiger partial charge on any atom is -0.329 e. The SMILES string of the molecule is NCC1NCCc2cc(C(F)(F)F)ccc21. The fourth-order valence-corrected chi connectivity index (χ4v) is 2.04. The first-order chi connectivity index (χ1) is 7.52. The fraction of sp³-hybridized carbons (Fsp3) is 0.455. The van der Waals surface area contributed by atoms with Crippen molar-refractivity contribution in [2.45, 2.75) is 18.6 Å². The number of nitrogens with two attached hydrogens (primary N) is 1. The van der Waals surface area contributed by atoms with E-state index in [0.717, 1.165) is 17.2 Å². The molecule has 0 aliphatic carbocycles. The van der Waals surface area contributed by atoms with Gasteiger partial charge in [-0.2, -0.15) is 13.2 Å². The predicted octanol–water partition coefficient (Wildman–Crippen LogP) is 1.85. The van der Waals surface area contributed by atoms with E-state index in [1.165, 1.54) is 12.1 Å². The average Bonchev–Trinajstić information content (AvgIpc) is 2.26. The summed E-state index contributed by atoms with van der Waals surface area (Å²) in [5, 5.41) is 3.18. The third kappa shape index (κ3) is 2.05. The van der Waals surface area contributed by atoms with Gasteiger partial charge in [0.2, 0.25) is 0 Å². The van der Waals surface area contributed by atoms with Crippen LogP contribution in [0.3, 0.4) is 0 Å². The standard InChI is InChI=1S/C11H13F3N2/c12-11(13,14)8-1-2-9-7(5-8)3-4-16-10(9)6-15/h1-2,5,10,16H,3-4,6,15H2. The smallest absolute Gasteiger partial charge is 0.329 e. The lowest BCUT2D eigenvalue weighted by molar-refractivity contribution is -0.137. The molecular weight excluding hydrogens is 217 g/mol. The van der Waals surface area contributed by atoms with Crippen LogP contribution in [0.1, 0.15) is 22.7 Å². The molecule has 1 aromatic rings. The normalized spacial score (nSPS) is 20.6. The van der Waals surface area contributed by atoms with Gasteiger partial charge in [0, 0.05) is 12.6 Å². The van der Waals surface area contributed by atoms with Gasteiger partial charge in [0.15, 0.2) is 0 Å². The predicted molar refractivity (Wildman–Crippen MR) is 54.9 cm³/mol. The molecule has 0 saturated carbocycles. The average molecular weight is 230 g/mol. The van der Waals surface area contributed by atoms with Crippen LogP contribution in [0.4, 0.5) is 13.2 Å². The summed E-state index contributed by atoms with van der Waals surface area (Å²) >= 11 is 0. The van der Waals surface area contributed by atoms with Crippen LogP contribution in [0, 0.1) is 0 Å². The number of nitrogens with one attached hydrogen (secondary N) is 1. The van der Waals surface area contributed by atoms with Crippen molar-refractivity contribution in [1.29, 1.82) is 0 Å². The second-order valence-corrected chi connectivity index (χ2v) is 3.90. The topological polar surface area (TPSA) is 38.0 Å². The maximum absolute atomic E-state index is 12.5. The van der Waals surface area contributed by atoms with Gasteiger partial charge in [-0.1, -0.05) is 6.07 Å². The Bertz CT molecular complexity index is 387. The lowest BCUT2D eigenvalue weighted by Crippen LogP contribution is -2.34. The molecule has 1 aliphatic heterocycles. The molecule has 1 unspecified atom stereocenters. The van der Waals surface area contributed by atoms with Gasteiger partial charge in [-0.05, 0) is 36.2 Å². The van der Waals surface area contributed by atoms with E-state index in [1.807, 2.05) is 0 Å². The van der Waals surface area contributed by atoms with E-state index in [-0.39, 0.29) is 6.04 Å². The lowest BCUT2D eigenvalue weighted by atomic mass is 9.92. The molecule has 2 rings (SSSR count). The molecule has 0 spiro atoms. The first-order valence-electron chi connectivity index (χ1n) is 5.16. The summed E-state index contributed by atoms with van der Waals surface area (Å²) in [6, 6.07) is 3.86. The highest BCUT2D eigenvalue weighted by atomic mass is 19.4. The van der Waals surface area contributed by atoms with Crippen LogP contribution in [0.2, 0.25) is 0 Å². The monoisotopic (exact) mass is 230 g/mol. The minimum atomic E-state index is -4.27. The van der Waals surface area contributed by atoms with Crippen LogP contribution in [-0.4, -0.2) is 13.1 Å². The van der Waals surface area contributed by atoms with Crippen LogP contribution in [0.5, 0.6) is 0 Å². The molecule has 1 atom stereocenters. The molecule has 3 N–H and O–H groups in total. The maximum atomic E-state index is 12.5. The largest absolute Gasteiger partial charge is 0.416 e. The number of halogens is 3. The van der Waals surface area contributed by atoms with Crippen molar-refractivity contribution in [1.82, 2.24) is 5.32 Å². The number of hydrogen-bond donors (Lipinski definition) is 2. The molecular formula is C11H13F3N2. The van der Waals surface area contributed by atoms with Crippen molar-refractivity contribution in [2.75, 3.05) is 13.1 Å². The zero-order valence-electron chi connectivity index (χ0n) is 8.64. The Kier molecular flexibility index (Phi) is 2.90. The first kappa shape index (κ1) is 11.4. The van der Waals surface area contributed by atoms with Crippen LogP contribution in [0.15, 0.2) is 18.2 Å². The van der Waals surface area contributed by atoms with Crippen LogP contribution < -0.4 is 11.1 Å². The highest BCUT2D eigenvalue weighted by Crippen LogP contribution is 2.32. The molecule has 1 aliphatic rings. The Balaban J connectivity index is 2.39. The number of fused-ring (bicyclic) bond motifs is 1. The van der Waals surface area contributed by atoms with E-state index >= 15 is 0 Å². The Morgan fingerprint density at radius 2 is 2.12 bits per heavy atom. The van der Waals surface area contributed by atoms with Crippen LogP contribution in [0.25, 0.3) is 0 Å². The van der Waals surface area contributed by atoms with Gasteiger partial charge in [-0.15, -0.1) is 0 Å². The van der Waals surface area contributed by atoms with Crippen molar-refractivity contribution in [3.63, 3.8) is 0 Å². The van der Waals surface area contributed by atoms with Crippen molar-refractivity contribution >= 4 is 0 Å². The zero-order valence-corrected chi connectivity index (χ0v) is 8.64.